The van der Waals surface area contributed by atoms with Crippen molar-refractivity contribution >= 4 is 41.6 Å². The van der Waals surface area contributed by atoms with E-state index in [2.05, 4.69) is 22.6 Å². The second-order valence-corrected chi connectivity index (χ2v) is 4.38. The minimum Gasteiger partial charge on any atom is -0.382 e. The third-order valence-corrected chi connectivity index (χ3v) is 3.33. The number of nitrogens with two attached hydrogens (primary N) is 1. The molecule has 1 fully saturated rings. The molecule has 1 atom stereocenters. The van der Waals surface area contributed by atoms with Gasteiger partial charge in [0.25, 0.3) is 0 Å². The number of halogens is 1. The molecule has 5 nitrogen and oxygen atoms in total. The van der Waals surface area contributed by atoms with E-state index in [1.807, 2.05) is 0 Å². The van der Waals surface area contributed by atoms with E-state index >= 15 is 0 Å². The quantitative estimate of drug-likeness (QED) is 0.613. The van der Waals surface area contributed by atoms with Crippen molar-refractivity contribution < 1.29 is 4.79 Å². The van der Waals surface area contributed by atoms with E-state index in [0.29, 0.717) is 24.4 Å². The molecule has 1 aromatic rings. The van der Waals surface area contributed by atoms with Crippen LogP contribution in [0.5, 0.6) is 0 Å². The highest BCUT2D eigenvalue weighted by atomic mass is 35.5. The summed E-state index contributed by atoms with van der Waals surface area (Å²) in [5.74, 6) is 1.11. The number of hydrogen-bond acceptors (Lipinski definition) is 5. The molecule has 2 heterocycles. The first kappa shape index (κ1) is 11.5. The minimum atomic E-state index is -0.0116. The summed E-state index contributed by atoms with van der Waals surface area (Å²) in [7, 11) is 0. The number of nitrogens with zero attached hydrogens (tertiary/aromatic N) is 3. The first-order chi connectivity index (χ1) is 7.63. The van der Waals surface area contributed by atoms with Crippen LogP contribution in [0.2, 0.25) is 5.15 Å². The highest BCUT2D eigenvalue weighted by Crippen LogP contribution is 2.33. The molecule has 0 aromatic carbocycles. The van der Waals surface area contributed by atoms with E-state index in [1.54, 1.807) is 4.90 Å². The molecule has 86 valence electrons. The van der Waals surface area contributed by atoms with Crippen molar-refractivity contribution in [2.24, 2.45) is 5.92 Å². The van der Waals surface area contributed by atoms with Gasteiger partial charge in [0, 0.05) is 13.0 Å². The zero-order valence-corrected chi connectivity index (χ0v) is 10.1. The second kappa shape index (κ2) is 4.47. The number of nitrogen functional groups attached to an aromatic ring is 1. The number of aromatic nitrogens is 2. The SMILES string of the molecule is Nc1ncnc(Cl)c1N1CC(CS)CC1=O. The summed E-state index contributed by atoms with van der Waals surface area (Å²) >= 11 is 10.1. The average Bonchev–Trinajstić information content (AvgIpc) is 2.60. The lowest BCUT2D eigenvalue weighted by molar-refractivity contribution is -0.117. The molecule has 0 aliphatic carbocycles. The van der Waals surface area contributed by atoms with Gasteiger partial charge in [0.2, 0.25) is 5.91 Å². The van der Waals surface area contributed by atoms with Gasteiger partial charge in [0.15, 0.2) is 11.0 Å². The van der Waals surface area contributed by atoms with Gasteiger partial charge >= 0.3 is 0 Å². The summed E-state index contributed by atoms with van der Waals surface area (Å²) in [4.78, 5) is 21.0. The van der Waals surface area contributed by atoms with Crippen molar-refractivity contribution in [1.82, 2.24) is 9.97 Å². The molecule has 0 radical (unpaired) electrons. The van der Waals surface area contributed by atoms with E-state index in [1.165, 1.54) is 6.33 Å². The third kappa shape index (κ3) is 1.94. The van der Waals surface area contributed by atoms with Crippen LogP contribution in [0, 0.1) is 5.92 Å². The lowest BCUT2D eigenvalue weighted by atomic mass is 10.1. The van der Waals surface area contributed by atoms with E-state index in [-0.39, 0.29) is 22.8 Å². The first-order valence-electron chi connectivity index (χ1n) is 4.80. The molecular formula is C9H11ClN4OS. The lowest BCUT2D eigenvalue weighted by Crippen LogP contribution is -2.26. The lowest BCUT2D eigenvalue weighted by Gasteiger charge is -2.18. The fourth-order valence-electron chi connectivity index (χ4n) is 1.74. The predicted molar refractivity (Wildman–Crippen MR) is 65.8 cm³/mol. The normalized spacial score (nSPS) is 20.5. The van der Waals surface area contributed by atoms with E-state index < -0.39 is 0 Å². The standard InChI is InChI=1S/C9H11ClN4OS/c10-8-7(9(11)13-4-12-8)14-2-5(3-16)1-6(14)15/h4-5,16H,1-3H2,(H2,11,12,13). The van der Waals surface area contributed by atoms with Gasteiger partial charge in [-0.25, -0.2) is 9.97 Å². The maximum Gasteiger partial charge on any atom is 0.227 e. The number of rotatable bonds is 2. The van der Waals surface area contributed by atoms with Crippen molar-refractivity contribution in [2.75, 3.05) is 22.9 Å². The molecule has 1 unspecified atom stereocenters. The molecular weight excluding hydrogens is 248 g/mol. The summed E-state index contributed by atoms with van der Waals surface area (Å²) in [6.07, 6.45) is 1.74. The predicted octanol–water partition coefficient (Wildman–Crippen LogP) is 0.995. The fraction of sp³-hybridized carbons (Fsp3) is 0.444. The van der Waals surface area contributed by atoms with Crippen LogP contribution in [0.1, 0.15) is 6.42 Å². The van der Waals surface area contributed by atoms with Crippen LogP contribution in [-0.2, 0) is 4.79 Å². The van der Waals surface area contributed by atoms with Gasteiger partial charge in [-0.1, -0.05) is 11.6 Å². The number of carbonyl (C=O) groups excluding carboxylic acids is 1. The largest absolute Gasteiger partial charge is 0.382 e. The highest BCUT2D eigenvalue weighted by Gasteiger charge is 2.32. The summed E-state index contributed by atoms with van der Waals surface area (Å²) in [5, 5.41) is 0.209. The Bertz CT molecular complexity index is 408. The van der Waals surface area contributed by atoms with Crippen molar-refractivity contribution in [3.05, 3.63) is 11.5 Å². The van der Waals surface area contributed by atoms with Gasteiger partial charge in [-0.3, -0.25) is 4.79 Å². The Morgan fingerprint density at radius 2 is 2.38 bits per heavy atom. The molecule has 0 bridgehead atoms. The van der Waals surface area contributed by atoms with Crippen LogP contribution in [0.4, 0.5) is 11.5 Å². The number of carbonyl (C=O) groups is 1. The van der Waals surface area contributed by atoms with Gasteiger partial charge in [0.1, 0.15) is 12.0 Å². The molecule has 0 saturated carbocycles. The van der Waals surface area contributed by atoms with E-state index in [9.17, 15) is 4.79 Å². The molecule has 7 heteroatoms. The molecule has 16 heavy (non-hydrogen) atoms. The maximum atomic E-state index is 11.8. The summed E-state index contributed by atoms with van der Waals surface area (Å²) in [5.41, 5.74) is 6.12. The Morgan fingerprint density at radius 1 is 1.62 bits per heavy atom. The average molecular weight is 259 g/mol. The van der Waals surface area contributed by atoms with Crippen molar-refractivity contribution in [1.29, 1.82) is 0 Å². The van der Waals surface area contributed by atoms with Gasteiger partial charge in [-0.15, -0.1) is 0 Å². The van der Waals surface area contributed by atoms with E-state index in [0.717, 1.165) is 0 Å². The smallest absolute Gasteiger partial charge is 0.227 e. The van der Waals surface area contributed by atoms with Crippen LogP contribution in [0.15, 0.2) is 6.33 Å². The first-order valence-corrected chi connectivity index (χ1v) is 5.81. The zero-order valence-electron chi connectivity index (χ0n) is 8.43. The topological polar surface area (TPSA) is 72.1 Å². The summed E-state index contributed by atoms with van der Waals surface area (Å²) in [6.45, 7) is 0.569. The Labute approximate surface area is 103 Å². The fourth-order valence-corrected chi connectivity index (χ4v) is 2.23. The highest BCUT2D eigenvalue weighted by molar-refractivity contribution is 7.80. The molecule has 2 rings (SSSR count). The Hall–Kier alpha value is -1.01. The molecule has 1 aromatic heterocycles. The monoisotopic (exact) mass is 258 g/mol. The van der Waals surface area contributed by atoms with Crippen LogP contribution in [0.25, 0.3) is 0 Å². The van der Waals surface area contributed by atoms with Crippen molar-refractivity contribution in [2.45, 2.75) is 6.42 Å². The molecule has 1 aliphatic rings. The van der Waals surface area contributed by atoms with Gasteiger partial charge < -0.3 is 10.6 Å². The van der Waals surface area contributed by atoms with Crippen LogP contribution < -0.4 is 10.6 Å². The number of amides is 1. The number of anilines is 2. The number of hydrogen-bond donors (Lipinski definition) is 2. The molecule has 2 N–H and O–H groups in total. The molecule has 1 saturated heterocycles. The Kier molecular flexibility index (Phi) is 3.20. The third-order valence-electron chi connectivity index (χ3n) is 2.54. The maximum absolute atomic E-state index is 11.8. The van der Waals surface area contributed by atoms with Gasteiger partial charge in [0.05, 0.1) is 0 Å². The Balaban J connectivity index is 2.35. The zero-order chi connectivity index (χ0) is 11.7. The number of thiol groups is 1. The minimum absolute atomic E-state index is 0.0116. The summed E-state index contributed by atoms with van der Waals surface area (Å²) < 4.78 is 0. The molecule has 1 amide bonds. The second-order valence-electron chi connectivity index (χ2n) is 3.66. The van der Waals surface area contributed by atoms with E-state index in [4.69, 9.17) is 17.3 Å². The van der Waals surface area contributed by atoms with Gasteiger partial charge in [-0.05, 0) is 11.7 Å². The Morgan fingerprint density at radius 3 is 2.94 bits per heavy atom. The van der Waals surface area contributed by atoms with Crippen LogP contribution >= 0.6 is 24.2 Å². The van der Waals surface area contributed by atoms with Crippen molar-refractivity contribution in [3.8, 4) is 0 Å². The van der Waals surface area contributed by atoms with Crippen molar-refractivity contribution in [3.63, 3.8) is 0 Å². The molecule has 0 spiro atoms. The van der Waals surface area contributed by atoms with Crippen LogP contribution in [-0.4, -0.2) is 28.2 Å². The molecule has 1 aliphatic heterocycles. The van der Waals surface area contributed by atoms with Gasteiger partial charge in [-0.2, -0.15) is 12.6 Å². The van der Waals surface area contributed by atoms with Crippen LogP contribution in [0.3, 0.4) is 0 Å². The summed E-state index contributed by atoms with van der Waals surface area (Å²) in [6, 6.07) is 0.